The number of thiazole rings is 1. The predicted octanol–water partition coefficient (Wildman–Crippen LogP) is 2.13. The van der Waals surface area contributed by atoms with Crippen molar-refractivity contribution in [3.05, 3.63) is 9.88 Å². The minimum atomic E-state index is -0.462. The monoisotopic (exact) mass is 322 g/mol. The minimum absolute atomic E-state index is 0.0769. The quantitative estimate of drug-likeness (QED) is 0.894. The normalized spacial score (nSPS) is 39.0. The molecule has 0 saturated heterocycles. The molecular formula is C16H22N2O3S. The van der Waals surface area contributed by atoms with Crippen molar-refractivity contribution in [3.8, 4) is 5.88 Å². The molecule has 0 aromatic carbocycles. The largest absolute Gasteiger partial charge is 0.480 e. The first-order valence-corrected chi connectivity index (χ1v) is 8.84. The molecule has 5 nitrogen and oxygen atoms in total. The number of ether oxygens (including phenoxy) is 1. The zero-order chi connectivity index (χ0) is 15.5. The Hall–Kier alpha value is -1.14. The molecule has 1 aromatic rings. The molecule has 2 unspecified atom stereocenters. The first-order valence-electron chi connectivity index (χ1n) is 8.02. The van der Waals surface area contributed by atoms with Gasteiger partial charge in [0, 0.05) is 6.04 Å². The Morgan fingerprint density at radius 3 is 2.64 bits per heavy atom. The summed E-state index contributed by atoms with van der Waals surface area (Å²) in [4.78, 5) is 17.4. The fraction of sp³-hybridized carbons (Fsp3) is 0.750. The number of methoxy groups -OCH3 is 1. The van der Waals surface area contributed by atoms with Gasteiger partial charge in [-0.05, 0) is 56.8 Å². The Balaban J connectivity index is 1.53. The third-order valence-corrected chi connectivity index (χ3v) is 6.59. The molecule has 4 aliphatic carbocycles. The minimum Gasteiger partial charge on any atom is -0.480 e. The van der Waals surface area contributed by atoms with Gasteiger partial charge in [-0.3, -0.25) is 4.79 Å². The molecule has 4 aliphatic rings. The van der Waals surface area contributed by atoms with Gasteiger partial charge in [-0.1, -0.05) is 0 Å². The predicted molar refractivity (Wildman–Crippen MR) is 83.2 cm³/mol. The number of aliphatic hydroxyl groups is 1. The fourth-order valence-corrected chi connectivity index (χ4v) is 5.92. The van der Waals surface area contributed by atoms with Gasteiger partial charge in [-0.2, -0.15) is 0 Å². The zero-order valence-corrected chi connectivity index (χ0v) is 13.8. The maximum atomic E-state index is 12.6. The second-order valence-electron chi connectivity index (χ2n) is 7.26. The average molecular weight is 322 g/mol. The van der Waals surface area contributed by atoms with Gasteiger partial charge in [0.25, 0.3) is 5.91 Å². The molecule has 1 heterocycles. The number of aryl methyl sites for hydroxylation is 1. The lowest BCUT2D eigenvalue weighted by atomic mass is 9.52. The highest BCUT2D eigenvalue weighted by Crippen LogP contribution is 2.55. The van der Waals surface area contributed by atoms with Crippen LogP contribution in [0.4, 0.5) is 0 Å². The average Bonchev–Trinajstić information content (AvgIpc) is 2.82. The van der Waals surface area contributed by atoms with E-state index in [2.05, 4.69) is 10.3 Å². The lowest BCUT2D eigenvalue weighted by Crippen LogP contribution is -2.61. The number of rotatable bonds is 3. The van der Waals surface area contributed by atoms with Crippen molar-refractivity contribution >= 4 is 17.2 Å². The Kier molecular flexibility index (Phi) is 3.24. The molecule has 5 rings (SSSR count). The molecule has 0 spiro atoms. The number of hydrogen-bond acceptors (Lipinski definition) is 5. The van der Waals surface area contributed by atoms with Crippen LogP contribution in [0.1, 0.15) is 46.8 Å². The number of amides is 1. The van der Waals surface area contributed by atoms with Crippen LogP contribution in [0, 0.1) is 24.7 Å². The van der Waals surface area contributed by atoms with Crippen LogP contribution >= 0.6 is 11.3 Å². The summed E-state index contributed by atoms with van der Waals surface area (Å²) in [6.45, 7) is 1.88. The van der Waals surface area contributed by atoms with Gasteiger partial charge in [0.05, 0.1) is 17.7 Å². The van der Waals surface area contributed by atoms with E-state index in [9.17, 15) is 9.90 Å². The van der Waals surface area contributed by atoms with Gasteiger partial charge in [0.2, 0.25) is 5.88 Å². The molecule has 4 saturated carbocycles. The first-order chi connectivity index (χ1) is 10.5. The van der Waals surface area contributed by atoms with E-state index in [0.29, 0.717) is 28.5 Å². The maximum absolute atomic E-state index is 12.6. The van der Waals surface area contributed by atoms with Crippen molar-refractivity contribution in [3.63, 3.8) is 0 Å². The van der Waals surface area contributed by atoms with Gasteiger partial charge < -0.3 is 15.2 Å². The third kappa shape index (κ3) is 2.24. The summed E-state index contributed by atoms with van der Waals surface area (Å²) in [6.07, 6.45) is 4.92. The third-order valence-electron chi connectivity index (χ3n) is 5.64. The van der Waals surface area contributed by atoms with Crippen LogP contribution in [0.3, 0.4) is 0 Å². The van der Waals surface area contributed by atoms with E-state index in [4.69, 9.17) is 4.74 Å². The van der Waals surface area contributed by atoms with E-state index in [0.717, 1.165) is 37.1 Å². The van der Waals surface area contributed by atoms with Crippen molar-refractivity contribution in [1.29, 1.82) is 0 Å². The molecule has 1 amide bonds. The molecular weight excluding hydrogens is 300 g/mol. The molecule has 2 N–H and O–H groups in total. The first kappa shape index (κ1) is 14.5. The smallest absolute Gasteiger partial charge is 0.267 e. The molecule has 2 atom stereocenters. The fourth-order valence-electron chi connectivity index (χ4n) is 5.12. The Bertz CT molecular complexity index is 599. The summed E-state index contributed by atoms with van der Waals surface area (Å²) in [5, 5.41) is 14.7. The van der Waals surface area contributed by atoms with Crippen LogP contribution in [0.5, 0.6) is 5.88 Å². The van der Waals surface area contributed by atoms with E-state index in [1.54, 1.807) is 7.11 Å². The van der Waals surface area contributed by atoms with Crippen LogP contribution in [0.15, 0.2) is 0 Å². The number of aromatic nitrogens is 1. The van der Waals surface area contributed by atoms with E-state index < -0.39 is 5.60 Å². The summed E-state index contributed by atoms with van der Waals surface area (Å²) in [7, 11) is 1.55. The van der Waals surface area contributed by atoms with Crippen molar-refractivity contribution < 1.29 is 14.6 Å². The van der Waals surface area contributed by atoms with E-state index in [1.165, 1.54) is 11.3 Å². The Labute approximate surface area is 134 Å². The van der Waals surface area contributed by atoms with Crippen LogP contribution < -0.4 is 10.1 Å². The highest BCUT2D eigenvalue weighted by atomic mass is 32.1. The molecule has 6 heteroatoms. The lowest BCUT2D eigenvalue weighted by molar-refractivity contribution is -0.136. The van der Waals surface area contributed by atoms with E-state index in [1.807, 2.05) is 6.92 Å². The van der Waals surface area contributed by atoms with Gasteiger partial charge in [-0.15, -0.1) is 11.3 Å². The van der Waals surface area contributed by atoms with Crippen LogP contribution in [0.25, 0.3) is 0 Å². The molecule has 120 valence electrons. The molecule has 0 radical (unpaired) electrons. The summed E-state index contributed by atoms with van der Waals surface area (Å²) >= 11 is 1.37. The van der Waals surface area contributed by atoms with Gasteiger partial charge in [0.1, 0.15) is 0 Å². The molecule has 4 bridgehead atoms. The SMILES string of the molecule is COc1nc(C)sc1C(=O)NC1C2CC3CC1CC(O)(C3)C2. The number of hydrogen-bond donors (Lipinski definition) is 2. The number of nitrogens with one attached hydrogen (secondary N) is 1. The van der Waals surface area contributed by atoms with Crippen LogP contribution in [-0.4, -0.2) is 34.8 Å². The van der Waals surface area contributed by atoms with E-state index >= 15 is 0 Å². The summed E-state index contributed by atoms with van der Waals surface area (Å²) < 4.78 is 5.21. The standard InChI is InChI=1S/C16H22N2O3S/c1-8-17-15(21-2)13(22-8)14(19)18-12-10-3-9-4-11(12)7-16(20,5-9)6-10/h9-12,20H,3-7H2,1-2H3,(H,18,19). The second kappa shape index (κ2) is 4.93. The summed E-state index contributed by atoms with van der Waals surface area (Å²) in [5.74, 6) is 1.82. The number of nitrogens with zero attached hydrogens (tertiary/aromatic N) is 1. The van der Waals surface area contributed by atoms with Crippen molar-refractivity contribution in [2.24, 2.45) is 17.8 Å². The number of carbonyl (C=O) groups excluding carboxylic acids is 1. The lowest BCUT2D eigenvalue weighted by Gasteiger charge is -2.58. The highest BCUT2D eigenvalue weighted by Gasteiger charge is 2.55. The zero-order valence-electron chi connectivity index (χ0n) is 13.0. The molecule has 0 aliphatic heterocycles. The summed E-state index contributed by atoms with van der Waals surface area (Å²) in [5.41, 5.74) is -0.462. The maximum Gasteiger partial charge on any atom is 0.267 e. The van der Waals surface area contributed by atoms with Crippen LogP contribution in [-0.2, 0) is 0 Å². The van der Waals surface area contributed by atoms with E-state index in [-0.39, 0.29) is 11.9 Å². The number of carbonyl (C=O) groups is 1. The molecule has 4 fully saturated rings. The summed E-state index contributed by atoms with van der Waals surface area (Å²) in [6, 6.07) is 0.191. The Morgan fingerprint density at radius 2 is 2.05 bits per heavy atom. The van der Waals surface area contributed by atoms with Crippen molar-refractivity contribution in [2.45, 2.75) is 50.7 Å². The molecule has 22 heavy (non-hydrogen) atoms. The van der Waals surface area contributed by atoms with Crippen molar-refractivity contribution in [2.75, 3.05) is 7.11 Å². The van der Waals surface area contributed by atoms with Crippen molar-refractivity contribution in [1.82, 2.24) is 10.3 Å². The second-order valence-corrected chi connectivity index (χ2v) is 8.47. The van der Waals surface area contributed by atoms with Gasteiger partial charge >= 0.3 is 0 Å². The highest BCUT2D eigenvalue weighted by molar-refractivity contribution is 7.13. The molecule has 1 aromatic heterocycles. The van der Waals surface area contributed by atoms with Gasteiger partial charge in [0.15, 0.2) is 4.88 Å². The topological polar surface area (TPSA) is 71.5 Å². The van der Waals surface area contributed by atoms with Gasteiger partial charge in [-0.25, -0.2) is 4.98 Å². The van der Waals surface area contributed by atoms with Crippen LogP contribution in [0.2, 0.25) is 0 Å². The Morgan fingerprint density at radius 1 is 1.36 bits per heavy atom.